The molecule has 2 aliphatic heterocycles. The van der Waals surface area contributed by atoms with Crippen LogP contribution in [0.4, 0.5) is 0 Å². The van der Waals surface area contributed by atoms with Crippen LogP contribution in [-0.4, -0.2) is 118 Å². The lowest BCUT2D eigenvalue weighted by molar-refractivity contribution is -0.366. The fourth-order valence-corrected chi connectivity index (χ4v) is 13.5. The van der Waals surface area contributed by atoms with Crippen molar-refractivity contribution in [2.45, 2.75) is 174 Å². The Morgan fingerprint density at radius 3 is 2.15 bits per heavy atom. The number of aliphatic hydroxyl groups is 5. The molecule has 0 spiro atoms. The molecule has 0 aromatic heterocycles. The molecule has 312 valence electrons. The molecule has 2 saturated heterocycles. The molecular formula is C42H66O13. The number of methoxy groups -OCH3 is 1. The standard InChI is InChI=1S/C42H66O13/c1-37(2)15-17-42(36(49)50)18-16-40(6)21(22(42)19-37)9-10-25-39(5)13-12-26(38(3,4)24(39)11-14-41(25,40)7)53-35-32(29(46)28(45)31(54-35)33(48)51-8)55-34-30(47)27(44)23(43)20-52-34/h9,22-32,34-35,43-47H,10-20H2,1-8H3,(H,49,50)/t22-,23+,24-,25+,26-,27+,28-,29-,30-,31-,32+,34-,35+,39-,40+,41+,42-/m0/s1. The van der Waals surface area contributed by atoms with Gasteiger partial charge >= 0.3 is 11.9 Å². The maximum Gasteiger partial charge on any atom is 0.337 e. The van der Waals surface area contributed by atoms with Crippen molar-refractivity contribution in [3.05, 3.63) is 11.6 Å². The average molecular weight is 779 g/mol. The van der Waals surface area contributed by atoms with Crippen molar-refractivity contribution < 1.29 is 63.9 Å². The van der Waals surface area contributed by atoms with E-state index in [1.807, 2.05) is 0 Å². The van der Waals surface area contributed by atoms with Crippen LogP contribution in [0.5, 0.6) is 0 Å². The lowest BCUT2D eigenvalue weighted by atomic mass is 9.33. The number of allylic oxidation sites excluding steroid dienone is 2. The van der Waals surface area contributed by atoms with Gasteiger partial charge < -0.3 is 54.3 Å². The van der Waals surface area contributed by atoms with Gasteiger partial charge in [-0.3, -0.25) is 4.79 Å². The van der Waals surface area contributed by atoms with E-state index < -0.39 is 84.2 Å². The molecule has 0 unspecified atom stereocenters. The summed E-state index contributed by atoms with van der Waals surface area (Å²) < 4.78 is 29.1. The number of carboxylic acids is 1. The minimum atomic E-state index is -1.75. The van der Waals surface area contributed by atoms with Gasteiger partial charge in [0.15, 0.2) is 18.7 Å². The summed E-state index contributed by atoms with van der Waals surface area (Å²) in [4.78, 5) is 25.8. The number of hydrogen-bond acceptors (Lipinski definition) is 12. The molecule has 5 aliphatic carbocycles. The quantitative estimate of drug-likeness (QED) is 0.130. The van der Waals surface area contributed by atoms with Crippen molar-refractivity contribution in [1.29, 1.82) is 0 Å². The molecule has 0 aromatic rings. The second kappa shape index (κ2) is 14.0. The largest absolute Gasteiger partial charge is 0.481 e. The Labute approximate surface area is 325 Å². The number of aliphatic hydroxyl groups excluding tert-OH is 5. The molecule has 55 heavy (non-hydrogen) atoms. The molecule has 0 aromatic carbocycles. The van der Waals surface area contributed by atoms with Crippen molar-refractivity contribution in [3.8, 4) is 0 Å². The topological polar surface area (TPSA) is 202 Å². The molecule has 17 atom stereocenters. The number of carbonyl (C=O) groups excluding carboxylic acids is 1. The fourth-order valence-electron chi connectivity index (χ4n) is 13.5. The van der Waals surface area contributed by atoms with E-state index in [0.717, 1.165) is 58.5 Å². The zero-order valence-electron chi connectivity index (χ0n) is 33.9. The van der Waals surface area contributed by atoms with Gasteiger partial charge in [0.1, 0.15) is 36.6 Å². The Morgan fingerprint density at radius 1 is 0.782 bits per heavy atom. The van der Waals surface area contributed by atoms with Gasteiger partial charge in [0.25, 0.3) is 0 Å². The van der Waals surface area contributed by atoms with Crippen LogP contribution in [0.1, 0.15) is 113 Å². The van der Waals surface area contributed by atoms with Gasteiger partial charge in [-0.05, 0) is 109 Å². The minimum absolute atomic E-state index is 0.0310. The van der Waals surface area contributed by atoms with Crippen LogP contribution in [0.2, 0.25) is 0 Å². The summed E-state index contributed by atoms with van der Waals surface area (Å²) in [5, 5.41) is 63.9. The van der Waals surface area contributed by atoms with Crippen LogP contribution in [-0.2, 0) is 33.3 Å². The maximum atomic E-state index is 13.1. The molecule has 6 N–H and O–H groups in total. The first-order valence-corrected chi connectivity index (χ1v) is 20.6. The van der Waals surface area contributed by atoms with Gasteiger partial charge in [-0.1, -0.05) is 60.1 Å². The highest BCUT2D eigenvalue weighted by Gasteiger charge is 2.69. The predicted molar refractivity (Wildman–Crippen MR) is 197 cm³/mol. The summed E-state index contributed by atoms with van der Waals surface area (Å²) in [5.74, 6) is -0.909. The van der Waals surface area contributed by atoms with Gasteiger partial charge in [0, 0.05) is 0 Å². The van der Waals surface area contributed by atoms with E-state index in [1.54, 1.807) is 0 Å². The summed E-state index contributed by atoms with van der Waals surface area (Å²) in [6, 6.07) is 0. The number of carboxylic acid groups (broad SMARTS) is 1. The van der Waals surface area contributed by atoms with E-state index in [4.69, 9.17) is 23.7 Å². The molecule has 0 radical (unpaired) electrons. The van der Waals surface area contributed by atoms with Gasteiger partial charge in [0.2, 0.25) is 0 Å². The summed E-state index contributed by atoms with van der Waals surface area (Å²) in [5.41, 5.74) is 0.153. The van der Waals surface area contributed by atoms with Gasteiger partial charge in [-0.25, -0.2) is 4.79 Å². The Kier molecular flexibility index (Phi) is 10.5. The SMILES string of the molecule is COC(=O)[C@H]1O[C@@H](O[C@H]2CC[C@]3(C)[C@H]4CC=C5[C@@H]6CC(C)(C)CC[C@]6(C(=O)O)CC[C@@]5(C)[C@]4(C)CC[C@H]3C2(C)C)[C@H](O[C@@H]2OC[C@@H](O)[C@@H](O)[C@@H]2O)[C@@H](O)[C@@H]1O. The third-order valence-electron chi connectivity index (χ3n) is 17.0. The van der Waals surface area contributed by atoms with Gasteiger partial charge in [-0.2, -0.15) is 0 Å². The van der Waals surface area contributed by atoms with Crippen molar-refractivity contribution >= 4 is 11.9 Å². The molecule has 7 rings (SSSR count). The van der Waals surface area contributed by atoms with Gasteiger partial charge in [0.05, 0.1) is 25.2 Å². The number of rotatable bonds is 6. The van der Waals surface area contributed by atoms with E-state index in [0.29, 0.717) is 18.8 Å². The van der Waals surface area contributed by atoms with Crippen molar-refractivity contribution in [3.63, 3.8) is 0 Å². The molecule has 2 heterocycles. The number of aliphatic carboxylic acids is 1. The number of hydrogen-bond donors (Lipinski definition) is 6. The first kappa shape index (κ1) is 41.5. The summed E-state index contributed by atoms with van der Waals surface area (Å²) in [6.07, 6.45) is -3.43. The number of ether oxygens (including phenoxy) is 5. The van der Waals surface area contributed by atoms with E-state index in [9.17, 15) is 40.2 Å². The Bertz CT molecular complexity index is 1530. The average Bonchev–Trinajstić information content (AvgIpc) is 3.11. The minimum Gasteiger partial charge on any atom is -0.481 e. The number of fused-ring (bicyclic) bond motifs is 7. The molecule has 13 nitrogen and oxygen atoms in total. The highest BCUT2D eigenvalue weighted by Crippen LogP contribution is 2.76. The highest BCUT2D eigenvalue weighted by atomic mass is 16.8. The Morgan fingerprint density at radius 2 is 1.47 bits per heavy atom. The van der Waals surface area contributed by atoms with Crippen molar-refractivity contribution in [2.24, 2.45) is 50.2 Å². The monoisotopic (exact) mass is 778 g/mol. The zero-order valence-corrected chi connectivity index (χ0v) is 33.9. The molecule has 7 aliphatic rings. The molecule has 6 fully saturated rings. The fraction of sp³-hybridized carbons (Fsp3) is 0.905. The van der Waals surface area contributed by atoms with Crippen LogP contribution < -0.4 is 0 Å². The zero-order chi connectivity index (χ0) is 40.3. The third-order valence-corrected chi connectivity index (χ3v) is 17.0. The molecule has 4 saturated carbocycles. The lowest BCUT2D eigenvalue weighted by Gasteiger charge is -2.71. The van der Waals surface area contributed by atoms with Crippen LogP contribution in [0.3, 0.4) is 0 Å². The summed E-state index contributed by atoms with van der Waals surface area (Å²) in [6.45, 7) is 16.0. The van der Waals surface area contributed by atoms with Crippen molar-refractivity contribution in [1.82, 2.24) is 0 Å². The number of carbonyl (C=O) groups is 2. The van der Waals surface area contributed by atoms with Crippen LogP contribution >= 0.6 is 0 Å². The second-order valence-corrected chi connectivity index (χ2v) is 20.4. The van der Waals surface area contributed by atoms with E-state index in [1.165, 1.54) is 5.57 Å². The van der Waals surface area contributed by atoms with Crippen LogP contribution in [0.25, 0.3) is 0 Å². The van der Waals surface area contributed by atoms with Crippen LogP contribution in [0.15, 0.2) is 11.6 Å². The smallest absolute Gasteiger partial charge is 0.337 e. The van der Waals surface area contributed by atoms with E-state index >= 15 is 0 Å². The van der Waals surface area contributed by atoms with Crippen LogP contribution in [0, 0.1) is 50.2 Å². The predicted octanol–water partition coefficient (Wildman–Crippen LogP) is 3.70. The van der Waals surface area contributed by atoms with E-state index in [-0.39, 0.29) is 40.1 Å². The maximum absolute atomic E-state index is 13.1. The molecule has 0 bridgehead atoms. The second-order valence-electron chi connectivity index (χ2n) is 20.4. The van der Waals surface area contributed by atoms with E-state index in [2.05, 4.69) is 54.5 Å². The molecule has 0 amide bonds. The van der Waals surface area contributed by atoms with Crippen molar-refractivity contribution in [2.75, 3.05) is 13.7 Å². The summed E-state index contributed by atoms with van der Waals surface area (Å²) in [7, 11) is 1.15. The third kappa shape index (κ3) is 6.19. The number of esters is 1. The van der Waals surface area contributed by atoms with Gasteiger partial charge in [-0.15, -0.1) is 0 Å². The Balaban J connectivity index is 1.16. The first-order valence-electron chi connectivity index (χ1n) is 20.6. The lowest BCUT2D eigenvalue weighted by Crippen LogP contribution is -2.67. The summed E-state index contributed by atoms with van der Waals surface area (Å²) >= 11 is 0. The molecule has 13 heteroatoms. The molecular weight excluding hydrogens is 712 g/mol. The first-order chi connectivity index (χ1) is 25.6. The Hall–Kier alpha value is -1.68. The highest BCUT2D eigenvalue weighted by molar-refractivity contribution is 5.77. The normalized spacial score (nSPS) is 51.7.